The van der Waals surface area contributed by atoms with Crippen molar-refractivity contribution >= 4 is 23.0 Å². The number of rotatable bonds is 1. The third-order valence-corrected chi connectivity index (χ3v) is 1.66. The number of carbonyl (C=O) groups excluding carboxylic acids is 1. The molecule has 2 aromatic rings. The highest BCUT2D eigenvalue weighted by atomic mass is 16.5. The van der Waals surface area contributed by atoms with Crippen LogP contribution < -0.4 is 5.32 Å². The topological polar surface area (TPSA) is 77.2 Å². The van der Waals surface area contributed by atoms with Gasteiger partial charge in [0.25, 0.3) is 5.71 Å². The standard InChI is InChI=1S/C8H7N3O3/c1-13-8(12)10-6-5-3-2-4-9-7(5)14-11-6/h2-4H,1H3,(H,10,11,12). The van der Waals surface area contributed by atoms with Crippen molar-refractivity contribution in [1.82, 2.24) is 10.1 Å². The molecule has 0 bridgehead atoms. The maximum atomic E-state index is 10.9. The van der Waals surface area contributed by atoms with E-state index in [4.69, 9.17) is 4.52 Å². The minimum Gasteiger partial charge on any atom is -0.453 e. The van der Waals surface area contributed by atoms with Crippen LogP contribution in [0.3, 0.4) is 0 Å². The van der Waals surface area contributed by atoms with Crippen LogP contribution in [0.4, 0.5) is 10.6 Å². The molecule has 0 spiro atoms. The van der Waals surface area contributed by atoms with E-state index in [1.54, 1.807) is 18.3 Å². The van der Waals surface area contributed by atoms with Crippen molar-refractivity contribution in [2.24, 2.45) is 0 Å². The molecule has 14 heavy (non-hydrogen) atoms. The molecule has 0 fully saturated rings. The van der Waals surface area contributed by atoms with Crippen LogP contribution in [-0.2, 0) is 4.74 Å². The molecule has 6 nitrogen and oxygen atoms in total. The van der Waals surface area contributed by atoms with Crippen LogP contribution in [0.25, 0.3) is 11.1 Å². The Hall–Kier alpha value is -2.11. The van der Waals surface area contributed by atoms with E-state index in [2.05, 4.69) is 20.2 Å². The van der Waals surface area contributed by atoms with Gasteiger partial charge in [0, 0.05) is 6.20 Å². The average Bonchev–Trinajstić information content (AvgIpc) is 2.62. The molecule has 0 saturated carbocycles. The van der Waals surface area contributed by atoms with E-state index in [-0.39, 0.29) is 0 Å². The third-order valence-electron chi connectivity index (χ3n) is 1.66. The summed E-state index contributed by atoms with van der Waals surface area (Å²) >= 11 is 0. The Kier molecular flexibility index (Phi) is 2.02. The Morgan fingerprint density at radius 3 is 3.29 bits per heavy atom. The van der Waals surface area contributed by atoms with Gasteiger partial charge in [-0.25, -0.2) is 9.78 Å². The Morgan fingerprint density at radius 2 is 2.50 bits per heavy atom. The van der Waals surface area contributed by atoms with E-state index in [0.717, 1.165) is 0 Å². The molecule has 72 valence electrons. The number of ether oxygens (including phenoxy) is 1. The zero-order valence-corrected chi connectivity index (χ0v) is 7.35. The van der Waals surface area contributed by atoms with Crippen LogP contribution in [0, 0.1) is 0 Å². The summed E-state index contributed by atoms with van der Waals surface area (Å²) < 4.78 is 9.28. The van der Waals surface area contributed by atoms with Crippen LogP contribution in [0.1, 0.15) is 0 Å². The number of nitrogens with one attached hydrogen (secondary N) is 1. The summed E-state index contributed by atoms with van der Waals surface area (Å²) in [6, 6.07) is 3.46. The first kappa shape index (κ1) is 8.49. The van der Waals surface area contributed by atoms with Gasteiger partial charge in [0.15, 0.2) is 5.82 Å². The number of hydrogen-bond donors (Lipinski definition) is 1. The molecule has 0 aliphatic carbocycles. The number of hydrogen-bond acceptors (Lipinski definition) is 5. The van der Waals surface area contributed by atoms with Gasteiger partial charge < -0.3 is 9.26 Å². The van der Waals surface area contributed by atoms with Crippen molar-refractivity contribution in [2.75, 3.05) is 12.4 Å². The first-order chi connectivity index (χ1) is 6.81. The minimum absolute atomic E-state index is 0.306. The average molecular weight is 193 g/mol. The molecule has 0 unspecified atom stereocenters. The summed E-state index contributed by atoms with van der Waals surface area (Å²) in [5.74, 6) is 0.306. The number of anilines is 1. The zero-order chi connectivity index (χ0) is 9.97. The molecule has 0 aromatic carbocycles. The first-order valence-electron chi connectivity index (χ1n) is 3.86. The lowest BCUT2D eigenvalue weighted by atomic mass is 10.3. The van der Waals surface area contributed by atoms with Crippen LogP contribution in [0.2, 0.25) is 0 Å². The van der Waals surface area contributed by atoms with Crippen LogP contribution in [0.5, 0.6) is 0 Å². The molecular formula is C8H7N3O3. The van der Waals surface area contributed by atoms with Crippen molar-refractivity contribution in [3.8, 4) is 0 Å². The van der Waals surface area contributed by atoms with E-state index in [1.807, 2.05) is 0 Å². The van der Waals surface area contributed by atoms with Gasteiger partial charge in [0.2, 0.25) is 0 Å². The lowest BCUT2D eigenvalue weighted by Gasteiger charge is -1.97. The van der Waals surface area contributed by atoms with Gasteiger partial charge >= 0.3 is 6.09 Å². The van der Waals surface area contributed by atoms with E-state index >= 15 is 0 Å². The number of aromatic nitrogens is 2. The summed E-state index contributed by atoms with van der Waals surface area (Å²) in [6.07, 6.45) is 0.985. The second-order valence-corrected chi connectivity index (χ2v) is 2.50. The normalized spacial score (nSPS) is 10.1. The number of pyridine rings is 1. The van der Waals surface area contributed by atoms with E-state index in [9.17, 15) is 4.79 Å². The van der Waals surface area contributed by atoms with Crippen molar-refractivity contribution in [3.05, 3.63) is 18.3 Å². The van der Waals surface area contributed by atoms with E-state index in [1.165, 1.54) is 7.11 Å². The van der Waals surface area contributed by atoms with Gasteiger partial charge in [-0.2, -0.15) is 0 Å². The predicted octanol–water partition coefficient (Wildman–Crippen LogP) is 1.40. The van der Waals surface area contributed by atoms with Crippen molar-refractivity contribution in [3.63, 3.8) is 0 Å². The molecular weight excluding hydrogens is 186 g/mol. The molecule has 2 heterocycles. The van der Waals surface area contributed by atoms with Gasteiger partial charge in [-0.1, -0.05) is 5.16 Å². The lowest BCUT2D eigenvalue weighted by molar-refractivity contribution is 0.186. The fourth-order valence-electron chi connectivity index (χ4n) is 1.02. The van der Waals surface area contributed by atoms with Crippen molar-refractivity contribution in [2.45, 2.75) is 0 Å². The number of nitrogens with zero attached hydrogens (tertiary/aromatic N) is 2. The van der Waals surface area contributed by atoms with Gasteiger partial charge in [-0.05, 0) is 12.1 Å². The highest BCUT2D eigenvalue weighted by Gasteiger charge is 2.10. The van der Waals surface area contributed by atoms with Gasteiger partial charge in [-0.15, -0.1) is 0 Å². The van der Waals surface area contributed by atoms with E-state index < -0.39 is 6.09 Å². The Labute approximate surface area is 78.9 Å². The fourth-order valence-corrected chi connectivity index (χ4v) is 1.02. The highest BCUT2D eigenvalue weighted by molar-refractivity contribution is 5.94. The Morgan fingerprint density at radius 1 is 1.64 bits per heavy atom. The number of carbonyl (C=O) groups is 1. The third kappa shape index (κ3) is 1.37. The smallest absolute Gasteiger partial charge is 0.412 e. The highest BCUT2D eigenvalue weighted by Crippen LogP contribution is 2.19. The molecule has 6 heteroatoms. The van der Waals surface area contributed by atoms with Crippen LogP contribution in [-0.4, -0.2) is 23.3 Å². The summed E-state index contributed by atoms with van der Waals surface area (Å²) in [5, 5.41) is 6.68. The monoisotopic (exact) mass is 193 g/mol. The maximum Gasteiger partial charge on any atom is 0.412 e. The number of fused-ring (bicyclic) bond motifs is 1. The molecule has 0 radical (unpaired) electrons. The second-order valence-electron chi connectivity index (χ2n) is 2.50. The molecule has 0 saturated heterocycles. The van der Waals surface area contributed by atoms with Gasteiger partial charge in [-0.3, -0.25) is 5.32 Å². The maximum absolute atomic E-state index is 10.9. The van der Waals surface area contributed by atoms with E-state index in [0.29, 0.717) is 16.9 Å². The van der Waals surface area contributed by atoms with Crippen LogP contribution >= 0.6 is 0 Å². The largest absolute Gasteiger partial charge is 0.453 e. The van der Waals surface area contributed by atoms with Crippen molar-refractivity contribution < 1.29 is 14.1 Å². The molecule has 2 aromatic heterocycles. The summed E-state index contributed by atoms with van der Waals surface area (Å²) in [4.78, 5) is 14.8. The molecule has 1 amide bonds. The molecule has 0 atom stereocenters. The Bertz CT molecular complexity index is 466. The molecule has 1 N–H and O–H groups in total. The SMILES string of the molecule is COC(=O)Nc1noc2ncccc12. The molecule has 2 rings (SSSR count). The zero-order valence-electron chi connectivity index (χ0n) is 7.35. The molecule has 0 aliphatic heterocycles. The lowest BCUT2D eigenvalue weighted by Crippen LogP contribution is -2.11. The summed E-state index contributed by atoms with van der Waals surface area (Å²) in [5.41, 5.74) is 0.374. The first-order valence-corrected chi connectivity index (χ1v) is 3.86. The summed E-state index contributed by atoms with van der Waals surface area (Å²) in [7, 11) is 1.27. The minimum atomic E-state index is -0.593. The van der Waals surface area contributed by atoms with Gasteiger partial charge in [0.05, 0.1) is 12.5 Å². The number of amides is 1. The van der Waals surface area contributed by atoms with Gasteiger partial charge in [0.1, 0.15) is 0 Å². The Balaban J connectivity index is 2.38. The van der Waals surface area contributed by atoms with Crippen molar-refractivity contribution in [1.29, 1.82) is 0 Å². The van der Waals surface area contributed by atoms with Crippen LogP contribution in [0.15, 0.2) is 22.9 Å². The second kappa shape index (κ2) is 3.33. The summed E-state index contributed by atoms with van der Waals surface area (Å²) in [6.45, 7) is 0. The quantitative estimate of drug-likeness (QED) is 0.740. The predicted molar refractivity (Wildman–Crippen MR) is 47.8 cm³/mol. The molecule has 0 aliphatic rings. The number of methoxy groups -OCH3 is 1. The fraction of sp³-hybridized carbons (Fsp3) is 0.125.